The van der Waals surface area contributed by atoms with Crippen molar-refractivity contribution in [3.05, 3.63) is 16.0 Å². The van der Waals surface area contributed by atoms with Crippen LogP contribution in [0.25, 0.3) is 0 Å². The van der Waals surface area contributed by atoms with Gasteiger partial charge in [-0.3, -0.25) is 9.59 Å². The third-order valence-corrected chi connectivity index (χ3v) is 5.94. The van der Waals surface area contributed by atoms with Crippen LogP contribution in [0, 0.1) is 11.8 Å². The number of amides is 1. The molecule has 6 nitrogen and oxygen atoms in total. The first-order valence-electron chi connectivity index (χ1n) is 9.18. The van der Waals surface area contributed by atoms with Crippen LogP contribution in [0.2, 0.25) is 0 Å². The predicted molar refractivity (Wildman–Crippen MR) is 98.4 cm³/mol. The fourth-order valence-electron chi connectivity index (χ4n) is 3.20. The smallest absolute Gasteiger partial charge is 0.341 e. The second kappa shape index (κ2) is 7.78. The van der Waals surface area contributed by atoms with E-state index in [1.165, 1.54) is 11.3 Å². The van der Waals surface area contributed by atoms with Crippen LogP contribution in [-0.2, 0) is 31.9 Å². The maximum absolute atomic E-state index is 12.5. The van der Waals surface area contributed by atoms with Crippen molar-refractivity contribution < 1.29 is 23.9 Å². The molecule has 142 valence electrons. The number of ether oxygens (including phenoxy) is 2. The number of hydrogen-bond donors (Lipinski definition) is 1. The van der Waals surface area contributed by atoms with Gasteiger partial charge in [-0.15, -0.1) is 11.3 Å². The molecule has 2 atom stereocenters. The van der Waals surface area contributed by atoms with Crippen LogP contribution in [0.1, 0.15) is 60.8 Å². The summed E-state index contributed by atoms with van der Waals surface area (Å²) in [5, 5.41) is 3.25. The molecule has 26 heavy (non-hydrogen) atoms. The Morgan fingerprint density at radius 1 is 1.23 bits per heavy atom. The minimum absolute atomic E-state index is 0.0755. The molecule has 1 aromatic heterocycles. The minimum Gasteiger partial charge on any atom is -0.459 e. The lowest BCUT2D eigenvalue weighted by atomic mass is 9.95. The van der Waals surface area contributed by atoms with Gasteiger partial charge in [-0.25, -0.2) is 4.79 Å². The van der Waals surface area contributed by atoms with E-state index in [2.05, 4.69) is 5.32 Å². The Hall–Kier alpha value is -1.89. The topological polar surface area (TPSA) is 81.7 Å². The summed E-state index contributed by atoms with van der Waals surface area (Å²) in [5.41, 5.74) is 1.46. The highest BCUT2D eigenvalue weighted by Gasteiger charge is 2.40. The van der Waals surface area contributed by atoms with E-state index in [1.54, 1.807) is 13.8 Å². The van der Waals surface area contributed by atoms with E-state index >= 15 is 0 Å². The van der Waals surface area contributed by atoms with Gasteiger partial charge in [0.1, 0.15) is 5.00 Å². The van der Waals surface area contributed by atoms with Gasteiger partial charge in [0.2, 0.25) is 0 Å². The fraction of sp³-hybridized carbons (Fsp3) is 0.632. The Balaban J connectivity index is 1.69. The van der Waals surface area contributed by atoms with Crippen LogP contribution in [0.5, 0.6) is 0 Å². The molecule has 0 aromatic carbocycles. The van der Waals surface area contributed by atoms with Crippen molar-refractivity contribution in [2.45, 2.75) is 59.0 Å². The summed E-state index contributed by atoms with van der Waals surface area (Å²) in [6.07, 6.45) is 4.42. The molecule has 2 aliphatic rings. The summed E-state index contributed by atoms with van der Waals surface area (Å²) in [4.78, 5) is 37.6. The molecule has 0 bridgehead atoms. The van der Waals surface area contributed by atoms with Crippen LogP contribution >= 0.6 is 11.3 Å². The fourth-order valence-corrected chi connectivity index (χ4v) is 4.49. The first-order valence-corrected chi connectivity index (χ1v) is 10.0. The molecule has 1 fully saturated rings. The number of fused-ring (bicyclic) bond motifs is 1. The Kier molecular flexibility index (Phi) is 5.65. The molecule has 3 rings (SSSR count). The van der Waals surface area contributed by atoms with Gasteiger partial charge in [0.05, 0.1) is 17.6 Å². The molecule has 0 unspecified atom stereocenters. The van der Waals surface area contributed by atoms with Gasteiger partial charge in [0.25, 0.3) is 5.91 Å². The van der Waals surface area contributed by atoms with Crippen LogP contribution in [-0.4, -0.2) is 30.6 Å². The normalized spacial score (nSPS) is 21.1. The van der Waals surface area contributed by atoms with E-state index in [4.69, 9.17) is 9.47 Å². The summed E-state index contributed by atoms with van der Waals surface area (Å²) in [7, 11) is 0. The lowest BCUT2D eigenvalue weighted by Crippen LogP contribution is -2.23. The molecule has 1 aromatic rings. The minimum atomic E-state index is -0.427. The lowest BCUT2D eigenvalue weighted by Gasteiger charge is -2.14. The van der Waals surface area contributed by atoms with Crippen molar-refractivity contribution in [1.29, 1.82) is 0 Å². The van der Waals surface area contributed by atoms with Gasteiger partial charge >= 0.3 is 11.9 Å². The molecule has 0 radical (unpaired) electrons. The highest BCUT2D eigenvalue weighted by atomic mass is 32.1. The average molecular weight is 379 g/mol. The summed E-state index contributed by atoms with van der Waals surface area (Å²) >= 11 is 1.43. The second-order valence-electron chi connectivity index (χ2n) is 7.34. The quantitative estimate of drug-likeness (QED) is 0.767. The Morgan fingerprint density at radius 3 is 2.58 bits per heavy atom. The van der Waals surface area contributed by atoms with Gasteiger partial charge in [-0.1, -0.05) is 6.92 Å². The lowest BCUT2D eigenvalue weighted by molar-refractivity contribution is -0.148. The van der Waals surface area contributed by atoms with E-state index in [0.29, 0.717) is 16.5 Å². The zero-order valence-electron chi connectivity index (χ0n) is 15.4. The molecule has 1 heterocycles. The van der Waals surface area contributed by atoms with Gasteiger partial charge < -0.3 is 14.8 Å². The molecule has 1 amide bonds. The van der Waals surface area contributed by atoms with Gasteiger partial charge in [-0.2, -0.15) is 0 Å². The molecular formula is C19H25NO5S. The van der Waals surface area contributed by atoms with Crippen molar-refractivity contribution in [3.8, 4) is 0 Å². The van der Waals surface area contributed by atoms with E-state index in [9.17, 15) is 14.4 Å². The molecular weight excluding hydrogens is 354 g/mol. The van der Waals surface area contributed by atoms with Gasteiger partial charge in [0, 0.05) is 4.88 Å². The van der Waals surface area contributed by atoms with Crippen molar-refractivity contribution >= 4 is 34.2 Å². The molecule has 2 aliphatic carbocycles. The zero-order chi connectivity index (χ0) is 18.8. The SMILES string of the molecule is CC(C)OC(=O)c1c(NC(=O)COC(=O)[C@H]2C[C@H]2C)sc2c1CCCC2. The molecule has 7 heteroatoms. The first-order chi connectivity index (χ1) is 12.4. The first kappa shape index (κ1) is 18.9. The number of nitrogens with one attached hydrogen (secondary N) is 1. The van der Waals surface area contributed by atoms with E-state index in [1.807, 2.05) is 6.92 Å². The predicted octanol–water partition coefficient (Wildman–Crippen LogP) is 3.33. The molecule has 0 spiro atoms. The zero-order valence-corrected chi connectivity index (χ0v) is 16.2. The number of aryl methyl sites for hydroxylation is 1. The number of thiophene rings is 1. The third-order valence-electron chi connectivity index (χ3n) is 4.73. The number of carbonyl (C=O) groups is 3. The van der Waals surface area contributed by atoms with Crippen molar-refractivity contribution in [2.75, 3.05) is 11.9 Å². The summed E-state index contributed by atoms with van der Waals surface area (Å²) in [6, 6.07) is 0. The number of esters is 2. The van der Waals surface area contributed by atoms with Crippen LogP contribution in [0.3, 0.4) is 0 Å². The second-order valence-corrected chi connectivity index (χ2v) is 8.45. The monoisotopic (exact) mass is 379 g/mol. The number of rotatable bonds is 6. The maximum atomic E-state index is 12.5. The summed E-state index contributed by atoms with van der Waals surface area (Å²) in [5.74, 6) is -0.889. The van der Waals surface area contributed by atoms with Gasteiger partial charge in [-0.05, 0) is 57.4 Å². The van der Waals surface area contributed by atoms with Crippen LogP contribution < -0.4 is 5.32 Å². The third kappa shape index (κ3) is 4.26. The summed E-state index contributed by atoms with van der Waals surface area (Å²) in [6.45, 7) is 5.25. The molecule has 0 aliphatic heterocycles. The maximum Gasteiger partial charge on any atom is 0.341 e. The number of anilines is 1. The number of hydrogen-bond acceptors (Lipinski definition) is 6. The van der Waals surface area contributed by atoms with Gasteiger partial charge in [0.15, 0.2) is 6.61 Å². The highest BCUT2D eigenvalue weighted by molar-refractivity contribution is 7.17. The largest absolute Gasteiger partial charge is 0.459 e. The van der Waals surface area contributed by atoms with E-state index in [-0.39, 0.29) is 24.6 Å². The highest BCUT2D eigenvalue weighted by Crippen LogP contribution is 2.39. The van der Waals surface area contributed by atoms with E-state index in [0.717, 1.165) is 42.5 Å². The Labute approximate surface area is 157 Å². The Bertz CT molecular complexity index is 724. The van der Waals surface area contributed by atoms with Crippen molar-refractivity contribution in [1.82, 2.24) is 0 Å². The molecule has 1 saturated carbocycles. The average Bonchev–Trinajstić information content (AvgIpc) is 3.19. The summed E-state index contributed by atoms with van der Waals surface area (Å²) < 4.78 is 10.4. The molecule has 1 N–H and O–H groups in total. The standard InChI is InChI=1S/C19H25NO5S/c1-10(2)25-19(23)16-12-6-4-5-7-14(12)26-17(16)20-15(21)9-24-18(22)13-8-11(13)3/h10-11,13H,4-9H2,1-3H3,(H,20,21)/t11-,13+/m1/s1. The van der Waals surface area contributed by atoms with Crippen molar-refractivity contribution in [2.24, 2.45) is 11.8 Å². The molecule has 0 saturated heterocycles. The van der Waals surface area contributed by atoms with Crippen LogP contribution in [0.4, 0.5) is 5.00 Å². The van der Waals surface area contributed by atoms with E-state index < -0.39 is 11.9 Å². The van der Waals surface area contributed by atoms with Crippen LogP contribution in [0.15, 0.2) is 0 Å². The number of carbonyl (C=O) groups excluding carboxylic acids is 3. The Morgan fingerprint density at radius 2 is 1.92 bits per heavy atom. The van der Waals surface area contributed by atoms with Crippen molar-refractivity contribution in [3.63, 3.8) is 0 Å².